The molecule has 2 aliphatic heterocycles. The summed E-state index contributed by atoms with van der Waals surface area (Å²) < 4.78 is 0. The number of nitrogens with zero attached hydrogens (tertiary/aromatic N) is 1. The highest BCUT2D eigenvalue weighted by Crippen LogP contribution is 2.28. The van der Waals surface area contributed by atoms with Crippen LogP contribution in [0.4, 0.5) is 0 Å². The molecule has 1 saturated heterocycles. The van der Waals surface area contributed by atoms with E-state index in [1.807, 2.05) is 0 Å². The van der Waals surface area contributed by atoms with E-state index in [1.54, 1.807) is 6.07 Å². The summed E-state index contributed by atoms with van der Waals surface area (Å²) in [6.45, 7) is 0. The van der Waals surface area contributed by atoms with Crippen LogP contribution in [-0.2, 0) is 20.8 Å². The number of hydrogen-bond donors (Lipinski definition) is 1. The molecule has 1 aromatic rings. The SMILES string of the molecule is O=CCc1ccc2c(c1)C(=O)N(C1CCC(=O)NC1=O)C2=O. The zero-order valence-electron chi connectivity index (χ0n) is 11.5. The molecule has 3 rings (SSSR count). The molecular formula is C15H12N2O5. The molecule has 0 aromatic heterocycles. The van der Waals surface area contributed by atoms with E-state index < -0.39 is 29.7 Å². The van der Waals surface area contributed by atoms with Crippen LogP contribution < -0.4 is 5.32 Å². The lowest BCUT2D eigenvalue weighted by Crippen LogP contribution is -2.54. The Kier molecular flexibility index (Phi) is 3.32. The maximum absolute atomic E-state index is 12.4. The second kappa shape index (κ2) is 5.18. The third kappa shape index (κ3) is 2.11. The van der Waals surface area contributed by atoms with Crippen molar-refractivity contribution in [2.24, 2.45) is 0 Å². The number of aldehydes is 1. The first kappa shape index (κ1) is 14.1. The number of fused-ring (bicyclic) bond motifs is 1. The summed E-state index contributed by atoms with van der Waals surface area (Å²) in [4.78, 5) is 59.3. The maximum Gasteiger partial charge on any atom is 0.262 e. The first-order valence-corrected chi connectivity index (χ1v) is 6.81. The minimum Gasteiger partial charge on any atom is -0.303 e. The van der Waals surface area contributed by atoms with E-state index in [9.17, 15) is 24.0 Å². The molecule has 1 fully saturated rings. The van der Waals surface area contributed by atoms with Crippen molar-refractivity contribution in [1.82, 2.24) is 10.2 Å². The van der Waals surface area contributed by atoms with E-state index >= 15 is 0 Å². The summed E-state index contributed by atoms with van der Waals surface area (Å²) in [7, 11) is 0. The molecule has 2 heterocycles. The molecule has 1 N–H and O–H groups in total. The summed E-state index contributed by atoms with van der Waals surface area (Å²) in [6.07, 6.45) is 1.06. The fraction of sp³-hybridized carbons (Fsp3) is 0.267. The topological polar surface area (TPSA) is 101 Å². The highest BCUT2D eigenvalue weighted by atomic mass is 16.2. The van der Waals surface area contributed by atoms with Gasteiger partial charge in [-0.2, -0.15) is 0 Å². The number of piperidine rings is 1. The van der Waals surface area contributed by atoms with Gasteiger partial charge < -0.3 is 4.79 Å². The fourth-order valence-electron chi connectivity index (χ4n) is 2.74. The quantitative estimate of drug-likeness (QED) is 0.617. The molecule has 0 bridgehead atoms. The van der Waals surface area contributed by atoms with Crippen LogP contribution in [0.3, 0.4) is 0 Å². The fourth-order valence-corrected chi connectivity index (χ4v) is 2.74. The molecule has 0 spiro atoms. The molecule has 0 saturated carbocycles. The Hall–Kier alpha value is -2.83. The molecular weight excluding hydrogens is 288 g/mol. The minimum atomic E-state index is -0.973. The number of amides is 4. The number of imide groups is 2. The number of carbonyl (C=O) groups is 5. The van der Waals surface area contributed by atoms with Crippen LogP contribution in [0.5, 0.6) is 0 Å². The number of nitrogens with one attached hydrogen (secondary N) is 1. The van der Waals surface area contributed by atoms with Crippen molar-refractivity contribution in [3.05, 3.63) is 34.9 Å². The summed E-state index contributed by atoms with van der Waals surface area (Å²) in [5.74, 6) is -2.17. The Morgan fingerprint density at radius 3 is 2.55 bits per heavy atom. The molecule has 2 aliphatic rings. The normalized spacial score (nSPS) is 20.9. The van der Waals surface area contributed by atoms with Gasteiger partial charge in [-0.25, -0.2) is 0 Å². The van der Waals surface area contributed by atoms with E-state index in [2.05, 4.69) is 5.32 Å². The van der Waals surface area contributed by atoms with Crippen molar-refractivity contribution in [3.8, 4) is 0 Å². The third-order valence-electron chi connectivity index (χ3n) is 3.82. The number of benzene rings is 1. The Morgan fingerprint density at radius 2 is 1.86 bits per heavy atom. The molecule has 7 nitrogen and oxygen atoms in total. The highest BCUT2D eigenvalue weighted by Gasteiger charge is 2.44. The van der Waals surface area contributed by atoms with Gasteiger partial charge in [0, 0.05) is 12.8 Å². The van der Waals surface area contributed by atoms with E-state index in [1.165, 1.54) is 12.1 Å². The lowest BCUT2D eigenvalue weighted by atomic mass is 10.0. The molecule has 4 amide bonds. The number of rotatable bonds is 3. The van der Waals surface area contributed by atoms with Gasteiger partial charge in [-0.1, -0.05) is 6.07 Å². The Labute approximate surface area is 125 Å². The smallest absolute Gasteiger partial charge is 0.262 e. The van der Waals surface area contributed by atoms with Gasteiger partial charge in [0.05, 0.1) is 11.1 Å². The van der Waals surface area contributed by atoms with Crippen molar-refractivity contribution in [1.29, 1.82) is 0 Å². The predicted octanol–water partition coefficient (Wildman–Crippen LogP) is -0.171. The monoisotopic (exact) mass is 300 g/mol. The zero-order chi connectivity index (χ0) is 15.9. The summed E-state index contributed by atoms with van der Waals surface area (Å²) in [5.41, 5.74) is 1.03. The zero-order valence-corrected chi connectivity index (χ0v) is 11.5. The van der Waals surface area contributed by atoms with Crippen molar-refractivity contribution in [3.63, 3.8) is 0 Å². The predicted molar refractivity (Wildman–Crippen MR) is 72.9 cm³/mol. The summed E-state index contributed by atoms with van der Waals surface area (Å²) in [5, 5.41) is 2.14. The Bertz CT molecular complexity index is 725. The number of carbonyl (C=O) groups excluding carboxylic acids is 5. The highest BCUT2D eigenvalue weighted by molar-refractivity contribution is 6.23. The van der Waals surface area contributed by atoms with Crippen LogP contribution in [0.2, 0.25) is 0 Å². The van der Waals surface area contributed by atoms with Crippen LogP contribution in [-0.4, -0.2) is 40.9 Å². The lowest BCUT2D eigenvalue weighted by molar-refractivity contribution is -0.136. The second-order valence-electron chi connectivity index (χ2n) is 5.20. The van der Waals surface area contributed by atoms with E-state index in [4.69, 9.17) is 0 Å². The van der Waals surface area contributed by atoms with E-state index in [0.29, 0.717) is 11.8 Å². The van der Waals surface area contributed by atoms with Crippen molar-refractivity contribution < 1.29 is 24.0 Å². The first-order chi connectivity index (χ1) is 10.5. The van der Waals surface area contributed by atoms with Crippen LogP contribution in [0, 0.1) is 0 Å². The largest absolute Gasteiger partial charge is 0.303 e. The van der Waals surface area contributed by atoms with E-state index in [-0.39, 0.29) is 30.4 Å². The summed E-state index contributed by atoms with van der Waals surface area (Å²) in [6, 6.07) is 3.61. The minimum absolute atomic E-state index is 0.0835. The van der Waals surface area contributed by atoms with Crippen LogP contribution >= 0.6 is 0 Å². The van der Waals surface area contributed by atoms with Gasteiger partial charge in [0.25, 0.3) is 11.8 Å². The Balaban J connectivity index is 1.94. The molecule has 0 aliphatic carbocycles. The van der Waals surface area contributed by atoms with Gasteiger partial charge in [-0.3, -0.25) is 29.4 Å². The third-order valence-corrected chi connectivity index (χ3v) is 3.82. The second-order valence-corrected chi connectivity index (χ2v) is 5.20. The maximum atomic E-state index is 12.4. The van der Waals surface area contributed by atoms with Crippen molar-refractivity contribution in [2.75, 3.05) is 0 Å². The molecule has 1 aromatic carbocycles. The van der Waals surface area contributed by atoms with Gasteiger partial charge in [-0.15, -0.1) is 0 Å². The molecule has 1 atom stereocenters. The molecule has 1 unspecified atom stereocenters. The van der Waals surface area contributed by atoms with Gasteiger partial charge >= 0.3 is 0 Å². The summed E-state index contributed by atoms with van der Waals surface area (Å²) >= 11 is 0. The van der Waals surface area contributed by atoms with Gasteiger partial charge in [0.2, 0.25) is 11.8 Å². The van der Waals surface area contributed by atoms with Crippen molar-refractivity contribution >= 4 is 29.9 Å². The van der Waals surface area contributed by atoms with Gasteiger partial charge in [0.15, 0.2) is 0 Å². The average Bonchev–Trinajstić information content (AvgIpc) is 2.72. The van der Waals surface area contributed by atoms with Crippen molar-refractivity contribution in [2.45, 2.75) is 25.3 Å². The van der Waals surface area contributed by atoms with Crippen LogP contribution in [0.1, 0.15) is 39.1 Å². The average molecular weight is 300 g/mol. The molecule has 22 heavy (non-hydrogen) atoms. The van der Waals surface area contributed by atoms with Crippen LogP contribution in [0.15, 0.2) is 18.2 Å². The van der Waals surface area contributed by atoms with E-state index in [0.717, 1.165) is 4.90 Å². The molecule has 0 radical (unpaired) electrons. The van der Waals surface area contributed by atoms with Gasteiger partial charge in [0.1, 0.15) is 12.3 Å². The molecule has 112 valence electrons. The Morgan fingerprint density at radius 1 is 1.14 bits per heavy atom. The van der Waals surface area contributed by atoms with Crippen LogP contribution in [0.25, 0.3) is 0 Å². The lowest BCUT2D eigenvalue weighted by Gasteiger charge is -2.27. The molecule has 7 heteroatoms. The van der Waals surface area contributed by atoms with Gasteiger partial charge in [-0.05, 0) is 24.1 Å². The number of hydrogen-bond acceptors (Lipinski definition) is 5. The first-order valence-electron chi connectivity index (χ1n) is 6.81. The standard InChI is InChI=1S/C15H12N2O5/c18-6-5-8-1-2-9-10(7-8)15(22)17(14(9)21)11-3-4-12(19)16-13(11)20/h1-2,6-7,11H,3-5H2,(H,16,19,20).